The molecule has 1 aliphatic rings. The van der Waals surface area contributed by atoms with E-state index in [4.69, 9.17) is 5.11 Å². The van der Waals surface area contributed by atoms with Gasteiger partial charge in [-0.25, -0.2) is 4.79 Å². The van der Waals surface area contributed by atoms with E-state index in [1.807, 2.05) is 12.1 Å². The molecule has 1 unspecified atom stereocenters. The first kappa shape index (κ1) is 24.5. The molecule has 0 bridgehead atoms. The molecule has 2 aromatic rings. The van der Waals surface area contributed by atoms with Gasteiger partial charge in [0, 0.05) is 24.2 Å². The molecule has 0 aliphatic carbocycles. The topological polar surface area (TPSA) is 162 Å². The van der Waals surface area contributed by atoms with Crippen molar-refractivity contribution in [3.05, 3.63) is 70.1 Å². The van der Waals surface area contributed by atoms with Crippen LogP contribution in [0.3, 0.4) is 0 Å². The highest BCUT2D eigenvalue weighted by molar-refractivity contribution is 8.18. The number of hydrogen-bond acceptors (Lipinski definition) is 7. The molecule has 2 aromatic carbocycles. The van der Waals surface area contributed by atoms with E-state index in [1.165, 1.54) is 0 Å². The minimum Gasteiger partial charge on any atom is -0.481 e. The van der Waals surface area contributed by atoms with Crippen LogP contribution in [0.4, 0.5) is 10.5 Å². The maximum atomic E-state index is 12.5. The standard InChI is InChI=1S/C23H21N3O7S/c27-19(28)9-8-17(22(31)32)25-20(29)15-3-1-2-14(10-15)12-24-16-6-4-13(5-7-16)11-18-21(30)26-23(33)34-18/h1-7,10-11,17,24H,8-9,12H2,(H,25,29)(H,27,28)(H,31,32)(H,26,30,33). The SMILES string of the molecule is O=C(O)CCC(NC(=O)c1cccc(CNc2ccc(C=C3SC(=O)NC3=O)cc2)c1)C(=O)O. The van der Waals surface area contributed by atoms with Gasteiger partial charge in [0.25, 0.3) is 17.1 Å². The van der Waals surface area contributed by atoms with Crippen LogP contribution >= 0.6 is 11.8 Å². The zero-order chi connectivity index (χ0) is 24.7. The summed E-state index contributed by atoms with van der Waals surface area (Å²) in [4.78, 5) is 57.6. The Morgan fingerprint density at radius 1 is 1.06 bits per heavy atom. The van der Waals surface area contributed by atoms with Gasteiger partial charge in [-0.15, -0.1) is 0 Å². The number of benzene rings is 2. The van der Waals surface area contributed by atoms with Crippen molar-refractivity contribution in [1.82, 2.24) is 10.6 Å². The van der Waals surface area contributed by atoms with E-state index in [2.05, 4.69) is 16.0 Å². The summed E-state index contributed by atoms with van der Waals surface area (Å²) in [5.74, 6) is -3.47. The Balaban J connectivity index is 1.59. The monoisotopic (exact) mass is 483 g/mol. The fourth-order valence-electron chi connectivity index (χ4n) is 3.06. The number of hydrogen-bond donors (Lipinski definition) is 5. The summed E-state index contributed by atoms with van der Waals surface area (Å²) in [5.41, 5.74) is 2.57. The van der Waals surface area contributed by atoms with Crippen LogP contribution in [0, 0.1) is 0 Å². The van der Waals surface area contributed by atoms with Gasteiger partial charge in [-0.3, -0.25) is 24.5 Å². The first-order chi connectivity index (χ1) is 16.2. The Bertz CT molecular complexity index is 1160. The molecule has 3 rings (SSSR count). The average molecular weight is 484 g/mol. The van der Waals surface area contributed by atoms with E-state index in [1.54, 1.807) is 42.5 Å². The van der Waals surface area contributed by atoms with Crippen LogP contribution in [0.25, 0.3) is 6.08 Å². The second-order valence-corrected chi connectivity index (χ2v) is 8.34. The molecular weight excluding hydrogens is 462 g/mol. The van der Waals surface area contributed by atoms with Crippen LogP contribution in [0.1, 0.15) is 34.3 Å². The van der Waals surface area contributed by atoms with E-state index < -0.39 is 35.0 Å². The third-order valence-electron chi connectivity index (χ3n) is 4.79. The second-order valence-electron chi connectivity index (χ2n) is 7.32. The first-order valence-corrected chi connectivity index (χ1v) is 11.0. The molecule has 0 spiro atoms. The van der Waals surface area contributed by atoms with Crippen LogP contribution in [-0.4, -0.2) is 45.2 Å². The van der Waals surface area contributed by atoms with Gasteiger partial charge < -0.3 is 20.8 Å². The quantitative estimate of drug-likeness (QED) is 0.320. The van der Waals surface area contributed by atoms with Crippen molar-refractivity contribution < 1.29 is 34.2 Å². The maximum absolute atomic E-state index is 12.5. The normalized spacial score (nSPS) is 15.0. The van der Waals surface area contributed by atoms with E-state index in [0.717, 1.165) is 28.6 Å². The van der Waals surface area contributed by atoms with Crippen LogP contribution in [0.5, 0.6) is 0 Å². The molecule has 34 heavy (non-hydrogen) atoms. The van der Waals surface area contributed by atoms with Crippen molar-refractivity contribution in [3.8, 4) is 0 Å². The van der Waals surface area contributed by atoms with Crippen molar-refractivity contribution in [2.75, 3.05) is 5.32 Å². The number of carbonyl (C=O) groups excluding carboxylic acids is 3. The fourth-order valence-corrected chi connectivity index (χ4v) is 3.75. The van der Waals surface area contributed by atoms with Gasteiger partial charge in [0.2, 0.25) is 0 Å². The van der Waals surface area contributed by atoms with Crippen molar-refractivity contribution in [2.24, 2.45) is 0 Å². The zero-order valence-corrected chi connectivity index (χ0v) is 18.6. The highest BCUT2D eigenvalue weighted by Gasteiger charge is 2.25. The lowest BCUT2D eigenvalue weighted by Gasteiger charge is -2.14. The van der Waals surface area contributed by atoms with Crippen LogP contribution in [-0.2, 0) is 20.9 Å². The van der Waals surface area contributed by atoms with Crippen LogP contribution in [0.15, 0.2) is 53.4 Å². The molecule has 1 aliphatic heterocycles. The minimum absolute atomic E-state index is 0.218. The molecule has 3 amide bonds. The van der Waals surface area contributed by atoms with Gasteiger partial charge in [0.15, 0.2) is 0 Å². The lowest BCUT2D eigenvalue weighted by molar-refractivity contribution is -0.140. The third-order valence-corrected chi connectivity index (χ3v) is 5.60. The average Bonchev–Trinajstić information content (AvgIpc) is 3.12. The summed E-state index contributed by atoms with van der Waals surface area (Å²) < 4.78 is 0. The number of imide groups is 1. The van der Waals surface area contributed by atoms with Crippen molar-refractivity contribution in [1.29, 1.82) is 0 Å². The summed E-state index contributed by atoms with van der Waals surface area (Å²) in [7, 11) is 0. The number of rotatable bonds is 10. The number of carboxylic acid groups (broad SMARTS) is 2. The smallest absolute Gasteiger partial charge is 0.326 e. The molecule has 11 heteroatoms. The van der Waals surface area contributed by atoms with Gasteiger partial charge in [0.1, 0.15) is 6.04 Å². The number of aliphatic carboxylic acids is 2. The number of amides is 3. The third kappa shape index (κ3) is 6.94. The zero-order valence-electron chi connectivity index (χ0n) is 17.7. The largest absolute Gasteiger partial charge is 0.481 e. The van der Waals surface area contributed by atoms with Crippen LogP contribution < -0.4 is 16.0 Å². The van der Waals surface area contributed by atoms with Crippen LogP contribution in [0.2, 0.25) is 0 Å². The Morgan fingerprint density at radius 2 is 1.79 bits per heavy atom. The Morgan fingerprint density at radius 3 is 2.41 bits per heavy atom. The van der Waals surface area contributed by atoms with E-state index in [9.17, 15) is 29.1 Å². The van der Waals surface area contributed by atoms with Gasteiger partial charge in [-0.05, 0) is 59.7 Å². The summed E-state index contributed by atoms with van der Waals surface area (Å²) in [6.45, 7) is 0.385. The van der Waals surface area contributed by atoms with E-state index >= 15 is 0 Å². The Hall–Kier alpha value is -4.12. The summed E-state index contributed by atoms with van der Waals surface area (Å²) in [5, 5.41) is 25.3. The van der Waals surface area contributed by atoms with Gasteiger partial charge in [0.05, 0.1) is 4.91 Å². The number of thioether (sulfide) groups is 1. The molecule has 0 aromatic heterocycles. The number of nitrogens with one attached hydrogen (secondary N) is 3. The molecule has 176 valence electrons. The molecular formula is C23H21N3O7S. The first-order valence-electron chi connectivity index (χ1n) is 10.1. The summed E-state index contributed by atoms with van der Waals surface area (Å²) in [6, 6.07) is 12.5. The highest BCUT2D eigenvalue weighted by Crippen LogP contribution is 2.26. The van der Waals surface area contributed by atoms with E-state index in [0.29, 0.717) is 11.4 Å². The van der Waals surface area contributed by atoms with Crippen molar-refractivity contribution in [2.45, 2.75) is 25.4 Å². The highest BCUT2D eigenvalue weighted by atomic mass is 32.2. The minimum atomic E-state index is -1.30. The Labute approximate surface area is 198 Å². The number of carbonyl (C=O) groups is 5. The molecule has 0 radical (unpaired) electrons. The summed E-state index contributed by atoms with van der Waals surface area (Å²) >= 11 is 0.847. The fraction of sp³-hybridized carbons (Fsp3) is 0.174. The van der Waals surface area contributed by atoms with Crippen molar-refractivity contribution >= 4 is 52.5 Å². The lowest BCUT2D eigenvalue weighted by Crippen LogP contribution is -2.41. The van der Waals surface area contributed by atoms with E-state index in [-0.39, 0.29) is 18.4 Å². The molecule has 10 nitrogen and oxygen atoms in total. The number of anilines is 1. The molecule has 1 fully saturated rings. The predicted molar refractivity (Wildman–Crippen MR) is 125 cm³/mol. The van der Waals surface area contributed by atoms with Crippen molar-refractivity contribution in [3.63, 3.8) is 0 Å². The van der Waals surface area contributed by atoms with Gasteiger partial charge in [-0.1, -0.05) is 24.3 Å². The summed E-state index contributed by atoms with van der Waals surface area (Å²) in [6.07, 6.45) is 1.03. The molecule has 0 saturated carbocycles. The molecule has 1 saturated heterocycles. The van der Waals surface area contributed by atoms with Gasteiger partial charge in [-0.2, -0.15) is 0 Å². The molecule has 5 N–H and O–H groups in total. The number of carboxylic acids is 2. The van der Waals surface area contributed by atoms with Gasteiger partial charge >= 0.3 is 11.9 Å². The molecule has 1 heterocycles. The Kier molecular flexibility index (Phi) is 8.04. The maximum Gasteiger partial charge on any atom is 0.326 e. The second kappa shape index (κ2) is 11.1. The predicted octanol–water partition coefficient (Wildman–Crippen LogP) is 2.67. The molecule has 1 atom stereocenters. The lowest BCUT2D eigenvalue weighted by atomic mass is 10.1.